The highest BCUT2D eigenvalue weighted by Crippen LogP contribution is 2.23. The van der Waals surface area contributed by atoms with Crippen LogP contribution < -0.4 is 0 Å². The number of ketones is 1. The lowest BCUT2D eigenvalue weighted by atomic mass is 10.1. The van der Waals surface area contributed by atoms with E-state index in [1.807, 2.05) is 28.8 Å². The van der Waals surface area contributed by atoms with Gasteiger partial charge in [0.1, 0.15) is 12.9 Å². The van der Waals surface area contributed by atoms with Crippen molar-refractivity contribution in [2.24, 2.45) is 0 Å². The van der Waals surface area contributed by atoms with Crippen LogP contribution in [0, 0.1) is 21.4 Å². The van der Waals surface area contributed by atoms with Crippen LogP contribution in [0.5, 0.6) is 0 Å². The maximum atomic E-state index is 12.9. The maximum absolute atomic E-state index is 12.9. The van der Waals surface area contributed by atoms with E-state index >= 15 is 0 Å². The van der Waals surface area contributed by atoms with E-state index < -0.39 is 4.92 Å². The minimum atomic E-state index is -0.480. The molecule has 0 amide bonds. The molecule has 30 heavy (non-hydrogen) atoms. The summed E-state index contributed by atoms with van der Waals surface area (Å²) in [6, 6.07) is 15.7. The fourth-order valence-corrected chi connectivity index (χ4v) is 3.32. The third-order valence-electron chi connectivity index (χ3n) is 4.71. The van der Waals surface area contributed by atoms with Gasteiger partial charge in [0.25, 0.3) is 5.69 Å². The molecule has 9 nitrogen and oxygen atoms in total. The normalized spacial score (nSPS) is 10.8. The maximum Gasteiger partial charge on any atom is 0.270 e. The number of carbonyl (C=O) groups is 1. The van der Waals surface area contributed by atoms with E-state index in [0.717, 1.165) is 10.9 Å². The number of Topliss-reactive ketones (excluding diaryl/α,β-unsaturated/α-hetero) is 1. The van der Waals surface area contributed by atoms with Crippen molar-refractivity contribution in [2.75, 3.05) is 0 Å². The summed E-state index contributed by atoms with van der Waals surface area (Å²) >= 11 is 0. The van der Waals surface area contributed by atoms with Gasteiger partial charge in [0.2, 0.25) is 0 Å². The first-order valence-electron chi connectivity index (χ1n) is 9.19. The second kappa shape index (κ2) is 7.97. The fraction of sp³-hybridized carbons (Fsp3) is 0.143. The molecule has 4 aromatic rings. The third kappa shape index (κ3) is 3.66. The standard InChI is InChI=1S/C21H16N6O3/c22-9-4-10-25-12-18(17-7-1-2-8-19(17)25)20(28)13-26-14-23-21(24-26)15-5-3-6-16(11-15)27(29)30/h1-3,5-8,11-12,14H,4,10,13H2. The number of para-hydroxylation sites is 1. The van der Waals surface area contributed by atoms with E-state index in [0.29, 0.717) is 29.9 Å². The van der Waals surface area contributed by atoms with Gasteiger partial charge in [0.15, 0.2) is 11.6 Å². The van der Waals surface area contributed by atoms with Crippen molar-refractivity contribution in [3.63, 3.8) is 0 Å². The number of aryl methyl sites for hydroxylation is 1. The molecule has 148 valence electrons. The van der Waals surface area contributed by atoms with Crippen molar-refractivity contribution in [2.45, 2.75) is 19.5 Å². The smallest absolute Gasteiger partial charge is 0.270 e. The van der Waals surface area contributed by atoms with Gasteiger partial charge in [0, 0.05) is 46.9 Å². The van der Waals surface area contributed by atoms with E-state index in [2.05, 4.69) is 16.2 Å². The lowest BCUT2D eigenvalue weighted by Crippen LogP contribution is -2.10. The average molecular weight is 400 g/mol. The van der Waals surface area contributed by atoms with Crippen molar-refractivity contribution in [3.05, 3.63) is 76.7 Å². The Labute approximate surface area is 171 Å². The Morgan fingerprint density at radius 2 is 2.03 bits per heavy atom. The summed E-state index contributed by atoms with van der Waals surface area (Å²) in [5.74, 6) is 0.167. The quantitative estimate of drug-likeness (QED) is 0.265. The number of benzene rings is 2. The van der Waals surface area contributed by atoms with E-state index in [1.165, 1.54) is 23.1 Å². The monoisotopic (exact) mass is 400 g/mol. The molecular formula is C21H16N6O3. The number of nitriles is 1. The van der Waals surface area contributed by atoms with Gasteiger partial charge in [-0.15, -0.1) is 0 Å². The summed E-state index contributed by atoms with van der Waals surface area (Å²) in [7, 11) is 0. The number of aromatic nitrogens is 4. The number of nitrogens with zero attached hydrogens (tertiary/aromatic N) is 6. The first-order chi connectivity index (χ1) is 14.6. The molecule has 9 heteroatoms. The van der Waals surface area contributed by atoms with Crippen LogP contribution in [0.15, 0.2) is 61.1 Å². The van der Waals surface area contributed by atoms with Crippen molar-refractivity contribution < 1.29 is 9.72 Å². The Morgan fingerprint density at radius 1 is 1.20 bits per heavy atom. The highest BCUT2D eigenvalue weighted by atomic mass is 16.6. The Morgan fingerprint density at radius 3 is 2.83 bits per heavy atom. The molecule has 0 N–H and O–H groups in total. The van der Waals surface area contributed by atoms with Crippen LogP contribution in [0.4, 0.5) is 5.69 Å². The minimum Gasteiger partial charge on any atom is -0.346 e. The van der Waals surface area contributed by atoms with Crippen LogP contribution in [0.25, 0.3) is 22.3 Å². The van der Waals surface area contributed by atoms with E-state index in [-0.39, 0.29) is 18.0 Å². The summed E-state index contributed by atoms with van der Waals surface area (Å²) < 4.78 is 3.32. The van der Waals surface area contributed by atoms with Gasteiger partial charge >= 0.3 is 0 Å². The molecule has 2 aromatic heterocycles. The van der Waals surface area contributed by atoms with Crippen molar-refractivity contribution in [1.29, 1.82) is 5.26 Å². The molecule has 0 fully saturated rings. The van der Waals surface area contributed by atoms with Crippen LogP contribution in [-0.4, -0.2) is 30.0 Å². The summed E-state index contributed by atoms with van der Waals surface area (Å²) in [6.45, 7) is 0.485. The van der Waals surface area contributed by atoms with Crippen LogP contribution in [-0.2, 0) is 13.1 Å². The topological polar surface area (TPSA) is 120 Å². The molecule has 0 bridgehead atoms. The van der Waals surface area contributed by atoms with Crippen molar-refractivity contribution in [1.82, 2.24) is 19.3 Å². The molecule has 4 rings (SSSR count). The molecule has 0 aliphatic carbocycles. The van der Waals surface area contributed by atoms with Crippen molar-refractivity contribution in [3.8, 4) is 17.5 Å². The summed E-state index contributed by atoms with van der Waals surface area (Å²) in [5.41, 5.74) is 1.90. The minimum absolute atomic E-state index is 0.0197. The summed E-state index contributed by atoms with van der Waals surface area (Å²) in [4.78, 5) is 27.6. The molecular weight excluding hydrogens is 384 g/mol. The zero-order valence-electron chi connectivity index (χ0n) is 15.8. The molecule has 0 saturated heterocycles. The molecule has 0 aliphatic rings. The Bertz CT molecular complexity index is 1300. The number of non-ortho nitro benzene ring substituents is 1. The Balaban J connectivity index is 1.59. The molecule has 0 radical (unpaired) electrons. The van der Waals surface area contributed by atoms with Gasteiger partial charge in [0.05, 0.1) is 17.4 Å². The predicted molar refractivity (Wildman–Crippen MR) is 109 cm³/mol. The highest BCUT2D eigenvalue weighted by Gasteiger charge is 2.17. The van der Waals surface area contributed by atoms with Crippen molar-refractivity contribution >= 4 is 22.4 Å². The predicted octanol–water partition coefficient (Wildman–Crippen LogP) is 3.60. The zero-order valence-corrected chi connectivity index (χ0v) is 15.8. The van der Waals surface area contributed by atoms with Crippen LogP contribution in [0.3, 0.4) is 0 Å². The van der Waals surface area contributed by atoms with Crippen LogP contribution in [0.1, 0.15) is 16.8 Å². The Kier molecular flexibility index (Phi) is 5.05. The van der Waals surface area contributed by atoms with E-state index in [1.54, 1.807) is 18.3 Å². The molecule has 2 aromatic carbocycles. The number of rotatable bonds is 7. The number of hydrogen-bond donors (Lipinski definition) is 0. The molecule has 0 atom stereocenters. The van der Waals surface area contributed by atoms with E-state index in [4.69, 9.17) is 5.26 Å². The Hall–Kier alpha value is -4.32. The van der Waals surface area contributed by atoms with Gasteiger partial charge in [-0.05, 0) is 6.07 Å². The summed E-state index contributed by atoms with van der Waals surface area (Å²) in [5, 5.41) is 24.9. The first kappa shape index (κ1) is 19.0. The zero-order chi connectivity index (χ0) is 21.1. The second-order valence-electron chi connectivity index (χ2n) is 6.66. The van der Waals surface area contributed by atoms with E-state index in [9.17, 15) is 14.9 Å². The third-order valence-corrected chi connectivity index (χ3v) is 4.71. The largest absolute Gasteiger partial charge is 0.346 e. The number of carbonyl (C=O) groups excluding carboxylic acids is 1. The highest BCUT2D eigenvalue weighted by molar-refractivity contribution is 6.08. The summed E-state index contributed by atoms with van der Waals surface area (Å²) in [6.07, 6.45) is 3.55. The number of nitro groups is 1. The number of fused-ring (bicyclic) bond motifs is 1. The number of hydrogen-bond acceptors (Lipinski definition) is 6. The lowest BCUT2D eigenvalue weighted by molar-refractivity contribution is -0.384. The fourth-order valence-electron chi connectivity index (χ4n) is 3.32. The first-order valence-corrected chi connectivity index (χ1v) is 9.19. The van der Waals surface area contributed by atoms with Gasteiger partial charge in [-0.1, -0.05) is 30.3 Å². The van der Waals surface area contributed by atoms with Crippen LogP contribution in [0.2, 0.25) is 0 Å². The number of nitro benzene ring substituents is 1. The lowest BCUT2D eigenvalue weighted by Gasteiger charge is -2.00. The van der Waals surface area contributed by atoms with Gasteiger partial charge in [-0.25, -0.2) is 9.67 Å². The van der Waals surface area contributed by atoms with Crippen LogP contribution >= 0.6 is 0 Å². The average Bonchev–Trinajstić information content (AvgIpc) is 3.37. The van der Waals surface area contributed by atoms with Gasteiger partial charge < -0.3 is 4.57 Å². The molecule has 0 aliphatic heterocycles. The molecule has 0 saturated carbocycles. The molecule has 2 heterocycles. The second-order valence-corrected chi connectivity index (χ2v) is 6.66. The SMILES string of the molecule is N#CCCn1cc(C(=O)Cn2cnc(-c3cccc([N+](=O)[O-])c3)n2)c2ccccc21. The van der Waals surface area contributed by atoms with Gasteiger partial charge in [-0.3, -0.25) is 14.9 Å². The van der Waals surface area contributed by atoms with Gasteiger partial charge in [-0.2, -0.15) is 10.4 Å². The molecule has 0 unspecified atom stereocenters. The molecule has 0 spiro atoms.